The maximum absolute atomic E-state index is 14.0. The molecule has 2 aromatic heterocycles. The lowest BCUT2D eigenvalue weighted by atomic mass is 9.55. The van der Waals surface area contributed by atoms with Gasteiger partial charge < -0.3 is 14.2 Å². The van der Waals surface area contributed by atoms with Crippen molar-refractivity contribution in [2.75, 3.05) is 21.3 Å². The van der Waals surface area contributed by atoms with Gasteiger partial charge in [-0.05, 0) is 108 Å². The second kappa shape index (κ2) is 9.65. The number of aromatic nitrogens is 2. The number of aryl methyl sites for hydroxylation is 3. The number of methoxy groups -OCH3 is 3. The van der Waals surface area contributed by atoms with Gasteiger partial charge in [0.1, 0.15) is 10.6 Å². The van der Waals surface area contributed by atoms with Crippen LogP contribution in [0.25, 0.3) is 10.2 Å². The van der Waals surface area contributed by atoms with Crippen molar-refractivity contribution in [1.82, 2.24) is 9.55 Å². The zero-order valence-electron chi connectivity index (χ0n) is 23.7. The van der Waals surface area contributed by atoms with Gasteiger partial charge in [-0.25, -0.2) is 4.98 Å². The third kappa shape index (κ3) is 3.80. The zero-order chi connectivity index (χ0) is 27.6. The van der Waals surface area contributed by atoms with Gasteiger partial charge in [-0.3, -0.25) is 9.36 Å². The lowest BCUT2D eigenvalue weighted by molar-refractivity contribution is 0.106. The Balaban J connectivity index is 1.19. The van der Waals surface area contributed by atoms with Crippen molar-refractivity contribution >= 4 is 21.6 Å². The molecule has 3 aliphatic rings. The van der Waals surface area contributed by atoms with Crippen LogP contribution >= 0.6 is 11.3 Å². The van der Waals surface area contributed by atoms with E-state index in [0.717, 1.165) is 40.8 Å². The summed E-state index contributed by atoms with van der Waals surface area (Å²) >= 11 is 1.76. The van der Waals surface area contributed by atoms with Crippen LogP contribution in [0.3, 0.4) is 0 Å². The first-order chi connectivity index (χ1) is 19.4. The second-order valence-corrected chi connectivity index (χ2v) is 13.0. The molecule has 2 heterocycles. The Morgan fingerprint density at radius 1 is 1.05 bits per heavy atom. The van der Waals surface area contributed by atoms with Gasteiger partial charge in [0.05, 0.1) is 33.0 Å². The predicted molar refractivity (Wildman–Crippen MR) is 158 cm³/mol. The lowest BCUT2D eigenvalue weighted by Gasteiger charge is -2.49. The van der Waals surface area contributed by atoms with Crippen LogP contribution in [0, 0.1) is 11.8 Å². The number of thiophene rings is 1. The van der Waals surface area contributed by atoms with E-state index < -0.39 is 0 Å². The van der Waals surface area contributed by atoms with Crippen molar-refractivity contribution in [2.24, 2.45) is 11.8 Å². The number of ether oxygens (including phenoxy) is 3. The third-order valence-corrected chi connectivity index (χ3v) is 11.3. The Bertz CT molecular complexity index is 1670. The molecule has 1 fully saturated rings. The van der Waals surface area contributed by atoms with Crippen LogP contribution in [0.15, 0.2) is 47.5 Å². The SMILES string of the molecule is COc1ccc2c(c1)CCC1C2CCC2(C)c3c(sc4ncn(CCc5ccc(OC)c(OC)c5)c(=O)c34)CC12. The predicted octanol–water partition coefficient (Wildman–Crippen LogP) is 6.30. The van der Waals surface area contributed by atoms with Gasteiger partial charge >= 0.3 is 0 Å². The molecular weight excluding hydrogens is 520 g/mol. The minimum absolute atomic E-state index is 0.0299. The first-order valence-corrected chi connectivity index (χ1v) is 15.2. The molecule has 6 nitrogen and oxygen atoms in total. The highest BCUT2D eigenvalue weighted by atomic mass is 32.1. The summed E-state index contributed by atoms with van der Waals surface area (Å²) < 4.78 is 18.2. The minimum Gasteiger partial charge on any atom is -0.497 e. The Kier molecular flexibility index (Phi) is 6.19. The first kappa shape index (κ1) is 25.6. The van der Waals surface area contributed by atoms with Crippen LogP contribution in [0.1, 0.15) is 59.2 Å². The van der Waals surface area contributed by atoms with Gasteiger partial charge in [0, 0.05) is 11.4 Å². The van der Waals surface area contributed by atoms with Crippen LogP contribution in [-0.4, -0.2) is 30.9 Å². The maximum atomic E-state index is 14.0. The summed E-state index contributed by atoms with van der Waals surface area (Å²) in [7, 11) is 5.03. The first-order valence-electron chi connectivity index (χ1n) is 14.3. The van der Waals surface area contributed by atoms with Crippen LogP contribution < -0.4 is 19.8 Å². The van der Waals surface area contributed by atoms with E-state index in [1.807, 2.05) is 18.2 Å². The molecule has 0 spiro atoms. The number of fused-ring (bicyclic) bond motifs is 9. The van der Waals surface area contributed by atoms with E-state index in [0.29, 0.717) is 42.2 Å². The maximum Gasteiger partial charge on any atom is 0.262 e. The van der Waals surface area contributed by atoms with Crippen molar-refractivity contribution < 1.29 is 14.2 Å². The minimum atomic E-state index is 0.0299. The van der Waals surface area contributed by atoms with E-state index >= 15 is 0 Å². The lowest BCUT2D eigenvalue weighted by Crippen LogP contribution is -2.43. The number of rotatable bonds is 6. The van der Waals surface area contributed by atoms with Gasteiger partial charge in [0.2, 0.25) is 0 Å². The number of hydrogen-bond acceptors (Lipinski definition) is 6. The van der Waals surface area contributed by atoms with Gasteiger partial charge in [-0.15, -0.1) is 11.3 Å². The van der Waals surface area contributed by atoms with Gasteiger partial charge in [0.25, 0.3) is 5.56 Å². The second-order valence-electron chi connectivity index (χ2n) is 11.9. The molecule has 0 saturated heterocycles. The molecular formula is C33H36N2O4S. The molecule has 208 valence electrons. The van der Waals surface area contributed by atoms with Crippen molar-refractivity contribution in [2.45, 2.75) is 63.3 Å². The summed E-state index contributed by atoms with van der Waals surface area (Å²) in [5.74, 6) is 4.20. The Hall–Kier alpha value is -3.32. The van der Waals surface area contributed by atoms with E-state index in [2.05, 4.69) is 25.1 Å². The highest BCUT2D eigenvalue weighted by molar-refractivity contribution is 7.18. The van der Waals surface area contributed by atoms with E-state index in [1.165, 1.54) is 34.4 Å². The summed E-state index contributed by atoms with van der Waals surface area (Å²) in [6.45, 7) is 3.02. The van der Waals surface area contributed by atoms with Crippen molar-refractivity contribution in [1.29, 1.82) is 0 Å². The van der Waals surface area contributed by atoms with Crippen molar-refractivity contribution in [3.8, 4) is 17.2 Å². The largest absolute Gasteiger partial charge is 0.497 e. The van der Waals surface area contributed by atoms with Crippen LogP contribution in [-0.2, 0) is 31.2 Å². The van der Waals surface area contributed by atoms with Crippen molar-refractivity contribution in [3.63, 3.8) is 0 Å². The van der Waals surface area contributed by atoms with E-state index in [1.54, 1.807) is 43.6 Å². The molecule has 4 unspecified atom stereocenters. The highest BCUT2D eigenvalue weighted by Crippen LogP contribution is 2.62. The van der Waals surface area contributed by atoms with E-state index in [4.69, 9.17) is 19.2 Å². The van der Waals surface area contributed by atoms with Gasteiger partial charge in [-0.1, -0.05) is 19.1 Å². The highest BCUT2D eigenvalue weighted by Gasteiger charge is 2.54. The summed E-state index contributed by atoms with van der Waals surface area (Å²) in [5.41, 5.74) is 5.54. The van der Waals surface area contributed by atoms with Crippen LogP contribution in [0.2, 0.25) is 0 Å². The molecule has 0 aliphatic heterocycles. The average molecular weight is 557 g/mol. The number of benzene rings is 2. The summed E-state index contributed by atoms with van der Waals surface area (Å²) in [6, 6.07) is 12.6. The molecule has 0 bridgehead atoms. The van der Waals surface area contributed by atoms with Crippen LogP contribution in [0.5, 0.6) is 17.2 Å². The fourth-order valence-corrected chi connectivity index (χ4v) is 9.48. The molecule has 40 heavy (non-hydrogen) atoms. The summed E-state index contributed by atoms with van der Waals surface area (Å²) in [6.07, 6.45) is 8.13. The monoisotopic (exact) mass is 556 g/mol. The zero-order valence-corrected chi connectivity index (χ0v) is 24.5. The van der Waals surface area contributed by atoms with E-state index in [9.17, 15) is 4.79 Å². The summed E-state index contributed by atoms with van der Waals surface area (Å²) in [5, 5.41) is 0.874. The molecule has 1 saturated carbocycles. The molecule has 4 atom stereocenters. The molecule has 0 radical (unpaired) electrons. The molecule has 0 N–H and O–H groups in total. The molecule has 2 aromatic carbocycles. The standard InChI is InChI=1S/C33H36N2O4S/c1-33-13-11-23-22-9-7-21(37-2)16-20(22)6-8-24(23)25(33)17-28-30(33)29-31(40-28)34-18-35(32(29)36)14-12-19-5-10-26(38-3)27(15-19)39-4/h5,7,9-10,15-16,18,23-25H,6,8,11-14,17H2,1-4H3. The topological polar surface area (TPSA) is 62.6 Å². The van der Waals surface area contributed by atoms with Crippen LogP contribution in [0.4, 0.5) is 0 Å². The average Bonchev–Trinajstić information content (AvgIpc) is 3.50. The third-order valence-electron chi connectivity index (χ3n) is 10.1. The Labute approximate surface area is 238 Å². The molecule has 3 aliphatic carbocycles. The normalized spacial score (nSPS) is 24.6. The molecule has 0 amide bonds. The Morgan fingerprint density at radius 3 is 2.70 bits per heavy atom. The quantitative estimate of drug-likeness (QED) is 0.279. The fourth-order valence-electron chi connectivity index (χ4n) is 8.16. The van der Waals surface area contributed by atoms with Gasteiger partial charge in [0.15, 0.2) is 11.5 Å². The number of hydrogen-bond donors (Lipinski definition) is 0. The fraction of sp³-hybridized carbons (Fsp3) is 0.455. The molecule has 7 rings (SSSR count). The molecule has 4 aromatic rings. The van der Waals surface area contributed by atoms with Crippen molar-refractivity contribution in [3.05, 3.63) is 80.2 Å². The van der Waals surface area contributed by atoms with E-state index in [-0.39, 0.29) is 11.0 Å². The molecule has 7 heteroatoms. The van der Waals surface area contributed by atoms with Gasteiger partial charge in [-0.2, -0.15) is 0 Å². The smallest absolute Gasteiger partial charge is 0.262 e. The summed E-state index contributed by atoms with van der Waals surface area (Å²) in [4.78, 5) is 21.1. The Morgan fingerprint density at radius 2 is 1.90 bits per heavy atom. The number of nitrogens with zero attached hydrogens (tertiary/aromatic N) is 2.